The molecule has 3 N–H and O–H groups in total. The Balaban J connectivity index is 3.33. The SMILES string of the molecule is CCC(N)C(C)(CC(=O)O)c1cc(C)ccc1C. The van der Waals surface area contributed by atoms with Gasteiger partial charge in [-0.1, -0.05) is 37.6 Å². The molecule has 0 bridgehead atoms. The van der Waals surface area contributed by atoms with Gasteiger partial charge in [-0.2, -0.15) is 0 Å². The maximum atomic E-state index is 11.1. The van der Waals surface area contributed by atoms with Gasteiger partial charge in [0.15, 0.2) is 0 Å². The number of nitrogens with two attached hydrogens (primary N) is 1. The normalized spacial score (nSPS) is 16.1. The van der Waals surface area contributed by atoms with E-state index in [-0.39, 0.29) is 12.5 Å². The number of carboxylic acids is 1. The van der Waals surface area contributed by atoms with Gasteiger partial charge in [0.25, 0.3) is 0 Å². The van der Waals surface area contributed by atoms with E-state index < -0.39 is 11.4 Å². The van der Waals surface area contributed by atoms with Gasteiger partial charge in [-0.25, -0.2) is 0 Å². The molecule has 0 spiro atoms. The van der Waals surface area contributed by atoms with Crippen molar-refractivity contribution in [3.8, 4) is 0 Å². The number of rotatable bonds is 5. The molecule has 0 fully saturated rings. The molecular weight excluding hydrogens is 226 g/mol. The zero-order chi connectivity index (χ0) is 13.9. The van der Waals surface area contributed by atoms with Crippen LogP contribution in [0.2, 0.25) is 0 Å². The summed E-state index contributed by atoms with van der Waals surface area (Å²) in [5.41, 5.74) is 8.96. The van der Waals surface area contributed by atoms with Crippen molar-refractivity contribution in [3.05, 3.63) is 34.9 Å². The molecular formula is C15H23NO2. The van der Waals surface area contributed by atoms with Crippen molar-refractivity contribution < 1.29 is 9.90 Å². The van der Waals surface area contributed by atoms with Gasteiger partial charge in [0.1, 0.15) is 0 Å². The highest BCUT2D eigenvalue weighted by Crippen LogP contribution is 2.34. The molecule has 2 unspecified atom stereocenters. The molecule has 18 heavy (non-hydrogen) atoms. The topological polar surface area (TPSA) is 63.3 Å². The van der Waals surface area contributed by atoms with Gasteiger partial charge in [-0.05, 0) is 31.4 Å². The van der Waals surface area contributed by atoms with E-state index >= 15 is 0 Å². The highest BCUT2D eigenvalue weighted by Gasteiger charge is 2.36. The number of aryl methyl sites for hydroxylation is 2. The van der Waals surface area contributed by atoms with E-state index in [1.54, 1.807) is 0 Å². The van der Waals surface area contributed by atoms with Crippen LogP contribution < -0.4 is 5.73 Å². The predicted molar refractivity (Wildman–Crippen MR) is 73.8 cm³/mol. The number of aliphatic carboxylic acids is 1. The predicted octanol–water partition coefficient (Wildman–Crippen LogP) is 2.77. The molecule has 0 aliphatic rings. The molecule has 0 heterocycles. The monoisotopic (exact) mass is 249 g/mol. The molecule has 3 nitrogen and oxygen atoms in total. The van der Waals surface area contributed by atoms with Crippen LogP contribution in [-0.2, 0) is 10.2 Å². The summed E-state index contributed by atoms with van der Waals surface area (Å²) < 4.78 is 0. The lowest BCUT2D eigenvalue weighted by molar-refractivity contribution is -0.138. The first-order valence-electron chi connectivity index (χ1n) is 6.36. The number of hydrogen-bond acceptors (Lipinski definition) is 2. The standard InChI is InChI=1S/C15H23NO2/c1-5-13(16)15(4,9-14(17)18)12-8-10(2)6-7-11(12)3/h6-8,13H,5,9,16H2,1-4H3,(H,17,18). The molecule has 1 aromatic rings. The Labute approximate surface area is 109 Å². The van der Waals surface area contributed by atoms with Crippen molar-refractivity contribution in [2.75, 3.05) is 0 Å². The Morgan fingerprint density at radius 3 is 2.56 bits per heavy atom. The molecule has 100 valence electrons. The minimum Gasteiger partial charge on any atom is -0.481 e. The third-order valence-electron chi connectivity index (χ3n) is 3.79. The van der Waals surface area contributed by atoms with E-state index in [9.17, 15) is 4.79 Å². The summed E-state index contributed by atoms with van der Waals surface area (Å²) in [5.74, 6) is -0.803. The molecule has 0 radical (unpaired) electrons. The van der Waals surface area contributed by atoms with Gasteiger partial charge < -0.3 is 10.8 Å². The first kappa shape index (κ1) is 14.7. The molecule has 1 aromatic carbocycles. The first-order valence-corrected chi connectivity index (χ1v) is 6.36. The second-order valence-electron chi connectivity index (χ2n) is 5.32. The lowest BCUT2D eigenvalue weighted by Crippen LogP contribution is -2.44. The van der Waals surface area contributed by atoms with Crippen molar-refractivity contribution in [2.24, 2.45) is 5.73 Å². The highest BCUT2D eigenvalue weighted by atomic mass is 16.4. The zero-order valence-corrected chi connectivity index (χ0v) is 11.7. The van der Waals surface area contributed by atoms with Crippen molar-refractivity contribution in [1.29, 1.82) is 0 Å². The highest BCUT2D eigenvalue weighted by molar-refractivity contribution is 5.69. The molecule has 3 heteroatoms. The Bertz CT molecular complexity index is 442. The van der Waals surface area contributed by atoms with Gasteiger partial charge >= 0.3 is 5.97 Å². The Hall–Kier alpha value is -1.35. The molecule has 1 rings (SSSR count). The van der Waals surface area contributed by atoms with Crippen LogP contribution in [0.4, 0.5) is 0 Å². The summed E-state index contributed by atoms with van der Waals surface area (Å²) in [6.45, 7) is 7.98. The van der Waals surface area contributed by atoms with E-state index in [1.807, 2.05) is 39.8 Å². The van der Waals surface area contributed by atoms with Crippen molar-refractivity contribution in [3.63, 3.8) is 0 Å². The van der Waals surface area contributed by atoms with Gasteiger partial charge in [-0.3, -0.25) is 4.79 Å². The maximum absolute atomic E-state index is 11.1. The van der Waals surface area contributed by atoms with Crippen LogP contribution in [0.5, 0.6) is 0 Å². The van der Waals surface area contributed by atoms with Gasteiger partial charge in [0.05, 0.1) is 6.42 Å². The molecule has 0 saturated carbocycles. The minimum atomic E-state index is -0.803. The van der Waals surface area contributed by atoms with Crippen molar-refractivity contribution >= 4 is 5.97 Å². The average Bonchev–Trinajstić information content (AvgIpc) is 2.30. The molecule has 2 atom stereocenters. The van der Waals surface area contributed by atoms with Crippen LogP contribution in [0.1, 0.15) is 43.4 Å². The summed E-state index contributed by atoms with van der Waals surface area (Å²) in [5, 5.41) is 9.16. The molecule has 0 aliphatic heterocycles. The summed E-state index contributed by atoms with van der Waals surface area (Å²) in [7, 11) is 0. The Morgan fingerprint density at radius 2 is 2.06 bits per heavy atom. The fourth-order valence-corrected chi connectivity index (χ4v) is 2.54. The fourth-order valence-electron chi connectivity index (χ4n) is 2.54. The lowest BCUT2D eigenvalue weighted by Gasteiger charge is -2.36. The van der Waals surface area contributed by atoms with Crippen LogP contribution in [0.15, 0.2) is 18.2 Å². The third kappa shape index (κ3) is 2.91. The van der Waals surface area contributed by atoms with E-state index in [0.717, 1.165) is 23.1 Å². The summed E-state index contributed by atoms with van der Waals surface area (Å²) in [4.78, 5) is 11.1. The minimum absolute atomic E-state index is 0.0618. The van der Waals surface area contributed by atoms with Gasteiger partial charge in [0.2, 0.25) is 0 Å². The van der Waals surface area contributed by atoms with E-state index in [1.165, 1.54) is 0 Å². The quantitative estimate of drug-likeness (QED) is 0.843. The second kappa shape index (κ2) is 5.53. The largest absolute Gasteiger partial charge is 0.481 e. The third-order valence-corrected chi connectivity index (χ3v) is 3.79. The van der Waals surface area contributed by atoms with Gasteiger partial charge in [0, 0.05) is 11.5 Å². The fraction of sp³-hybridized carbons (Fsp3) is 0.533. The van der Waals surface area contributed by atoms with Crippen LogP contribution in [0.3, 0.4) is 0 Å². The lowest BCUT2D eigenvalue weighted by atomic mass is 9.71. The number of benzene rings is 1. The molecule has 0 amide bonds. The second-order valence-corrected chi connectivity index (χ2v) is 5.32. The summed E-state index contributed by atoms with van der Waals surface area (Å²) >= 11 is 0. The molecule has 0 aliphatic carbocycles. The zero-order valence-electron chi connectivity index (χ0n) is 11.7. The van der Waals surface area contributed by atoms with Crippen LogP contribution in [-0.4, -0.2) is 17.1 Å². The van der Waals surface area contributed by atoms with E-state index in [4.69, 9.17) is 10.8 Å². The van der Waals surface area contributed by atoms with Crippen LogP contribution in [0, 0.1) is 13.8 Å². The Kier molecular flexibility index (Phi) is 4.52. The smallest absolute Gasteiger partial charge is 0.304 e. The summed E-state index contributed by atoms with van der Waals surface area (Å²) in [6, 6.07) is 5.98. The van der Waals surface area contributed by atoms with Crippen molar-refractivity contribution in [1.82, 2.24) is 0 Å². The molecule has 0 saturated heterocycles. The van der Waals surface area contributed by atoms with Gasteiger partial charge in [-0.15, -0.1) is 0 Å². The van der Waals surface area contributed by atoms with E-state index in [0.29, 0.717) is 0 Å². The Morgan fingerprint density at radius 1 is 1.44 bits per heavy atom. The molecule has 0 aromatic heterocycles. The van der Waals surface area contributed by atoms with Crippen LogP contribution in [0.25, 0.3) is 0 Å². The average molecular weight is 249 g/mol. The number of carboxylic acid groups (broad SMARTS) is 1. The van der Waals surface area contributed by atoms with E-state index in [2.05, 4.69) is 6.07 Å². The first-order chi connectivity index (χ1) is 8.31. The van der Waals surface area contributed by atoms with Crippen molar-refractivity contribution in [2.45, 2.75) is 52.0 Å². The summed E-state index contributed by atoms with van der Waals surface area (Å²) in [6.07, 6.45) is 0.823. The van der Waals surface area contributed by atoms with Crippen LogP contribution >= 0.6 is 0 Å². The number of hydrogen-bond donors (Lipinski definition) is 2. The maximum Gasteiger partial charge on any atom is 0.304 e. The number of carbonyl (C=O) groups is 1.